The Balaban J connectivity index is 2.57. The number of rotatable bonds is 6. The minimum absolute atomic E-state index is 0.0770. The minimum atomic E-state index is -0.974. The van der Waals surface area contributed by atoms with Crippen LogP contribution in [0.1, 0.15) is 42.1 Å². The summed E-state index contributed by atoms with van der Waals surface area (Å²) in [6.45, 7) is 3.68. The van der Waals surface area contributed by atoms with Gasteiger partial charge in [0, 0.05) is 18.2 Å². The second-order valence-corrected chi connectivity index (χ2v) is 4.75. The van der Waals surface area contributed by atoms with E-state index in [1.54, 1.807) is 19.1 Å². The number of amides is 1. The molecule has 0 heterocycles. The van der Waals surface area contributed by atoms with E-state index in [1.807, 2.05) is 6.92 Å². The molecule has 1 amide bonds. The van der Waals surface area contributed by atoms with Gasteiger partial charge in [-0.1, -0.05) is 0 Å². The molecule has 0 fully saturated rings. The van der Waals surface area contributed by atoms with E-state index < -0.39 is 5.97 Å². The number of benzene rings is 1. The standard InChI is InChI=1S/C14H20N2O3/c1-9-8-11(14(18)19)6-7-12(9)16-13(17)5-3-4-10(2)15/h6-8,10H,3-5,15H2,1-2H3,(H,16,17)(H,18,19). The van der Waals surface area contributed by atoms with Crippen LogP contribution in [-0.4, -0.2) is 23.0 Å². The van der Waals surface area contributed by atoms with Gasteiger partial charge in [0.25, 0.3) is 0 Å². The van der Waals surface area contributed by atoms with Gasteiger partial charge < -0.3 is 16.2 Å². The fourth-order valence-electron chi connectivity index (χ4n) is 1.73. The predicted molar refractivity (Wildman–Crippen MR) is 74.3 cm³/mol. The first-order valence-corrected chi connectivity index (χ1v) is 6.29. The molecule has 5 heteroatoms. The zero-order chi connectivity index (χ0) is 14.4. The Bertz CT molecular complexity index is 470. The maximum atomic E-state index is 11.7. The highest BCUT2D eigenvalue weighted by Crippen LogP contribution is 2.17. The van der Waals surface area contributed by atoms with Crippen molar-refractivity contribution in [3.8, 4) is 0 Å². The minimum Gasteiger partial charge on any atom is -0.478 e. The van der Waals surface area contributed by atoms with Gasteiger partial charge in [0.2, 0.25) is 5.91 Å². The molecule has 4 N–H and O–H groups in total. The number of aromatic carboxylic acids is 1. The summed E-state index contributed by atoms with van der Waals surface area (Å²) >= 11 is 0. The normalized spacial score (nSPS) is 11.9. The van der Waals surface area contributed by atoms with Crippen LogP contribution < -0.4 is 11.1 Å². The number of hydrogen-bond acceptors (Lipinski definition) is 3. The first-order valence-electron chi connectivity index (χ1n) is 6.29. The van der Waals surface area contributed by atoms with Crippen LogP contribution >= 0.6 is 0 Å². The number of nitrogens with two attached hydrogens (primary N) is 1. The summed E-state index contributed by atoms with van der Waals surface area (Å²) in [5.41, 5.74) is 7.21. The summed E-state index contributed by atoms with van der Waals surface area (Å²) in [7, 11) is 0. The number of carboxylic acid groups (broad SMARTS) is 1. The van der Waals surface area contributed by atoms with Crippen LogP contribution in [0.4, 0.5) is 5.69 Å². The zero-order valence-corrected chi connectivity index (χ0v) is 11.3. The van der Waals surface area contributed by atoms with Gasteiger partial charge in [0.05, 0.1) is 5.56 Å². The van der Waals surface area contributed by atoms with Crippen molar-refractivity contribution in [3.05, 3.63) is 29.3 Å². The first-order chi connectivity index (χ1) is 8.90. The fourth-order valence-corrected chi connectivity index (χ4v) is 1.73. The number of carbonyl (C=O) groups is 2. The molecule has 1 atom stereocenters. The van der Waals surface area contributed by atoms with Crippen molar-refractivity contribution in [2.45, 2.75) is 39.2 Å². The highest BCUT2D eigenvalue weighted by molar-refractivity contribution is 5.93. The smallest absolute Gasteiger partial charge is 0.335 e. The molecule has 1 rings (SSSR count). The average molecular weight is 264 g/mol. The van der Waals surface area contributed by atoms with Gasteiger partial charge in [-0.2, -0.15) is 0 Å². The third kappa shape index (κ3) is 5.09. The van der Waals surface area contributed by atoms with Crippen LogP contribution in [0.15, 0.2) is 18.2 Å². The van der Waals surface area contributed by atoms with E-state index in [9.17, 15) is 9.59 Å². The van der Waals surface area contributed by atoms with Gasteiger partial charge in [-0.05, 0) is 50.5 Å². The molecule has 0 aromatic heterocycles. The molecule has 104 valence electrons. The summed E-state index contributed by atoms with van der Waals surface area (Å²) in [5, 5.41) is 11.6. The Morgan fingerprint density at radius 3 is 2.63 bits per heavy atom. The Morgan fingerprint density at radius 1 is 1.42 bits per heavy atom. The molecule has 0 radical (unpaired) electrons. The number of nitrogens with one attached hydrogen (secondary N) is 1. The summed E-state index contributed by atoms with van der Waals surface area (Å²) in [6.07, 6.45) is 1.97. The van der Waals surface area contributed by atoms with E-state index in [1.165, 1.54) is 6.07 Å². The molecule has 0 spiro atoms. The number of carbonyl (C=O) groups excluding carboxylic acids is 1. The van der Waals surface area contributed by atoms with Gasteiger partial charge in [-0.15, -0.1) is 0 Å². The van der Waals surface area contributed by atoms with Gasteiger partial charge >= 0.3 is 5.97 Å². The maximum Gasteiger partial charge on any atom is 0.335 e. The molecule has 0 aliphatic carbocycles. The summed E-state index contributed by atoms with van der Waals surface area (Å²) in [6, 6.07) is 4.74. The van der Waals surface area contributed by atoms with Crippen molar-refractivity contribution >= 4 is 17.6 Å². The van der Waals surface area contributed by atoms with Gasteiger partial charge in [-0.3, -0.25) is 4.79 Å². The number of carboxylic acids is 1. The van der Waals surface area contributed by atoms with E-state index in [2.05, 4.69) is 5.32 Å². The largest absolute Gasteiger partial charge is 0.478 e. The third-order valence-electron chi connectivity index (χ3n) is 2.81. The summed E-state index contributed by atoms with van der Waals surface area (Å²) in [5.74, 6) is -1.05. The molecule has 5 nitrogen and oxygen atoms in total. The molecular formula is C14H20N2O3. The lowest BCUT2D eigenvalue weighted by atomic mass is 10.1. The van der Waals surface area contributed by atoms with Crippen LogP contribution in [0, 0.1) is 6.92 Å². The molecule has 0 aliphatic heterocycles. The SMILES string of the molecule is Cc1cc(C(=O)O)ccc1NC(=O)CCCC(C)N. The van der Waals surface area contributed by atoms with Gasteiger partial charge in [0.15, 0.2) is 0 Å². The number of aryl methyl sites for hydroxylation is 1. The quantitative estimate of drug-likeness (QED) is 0.734. The lowest BCUT2D eigenvalue weighted by molar-refractivity contribution is -0.116. The number of hydrogen-bond donors (Lipinski definition) is 3. The Morgan fingerprint density at radius 2 is 2.11 bits per heavy atom. The molecule has 1 unspecified atom stereocenters. The molecule has 0 saturated carbocycles. The summed E-state index contributed by atoms with van der Waals surface area (Å²) < 4.78 is 0. The molecule has 0 saturated heterocycles. The van der Waals surface area contributed by atoms with Crippen LogP contribution in [0.3, 0.4) is 0 Å². The first kappa shape index (κ1) is 15.2. The van der Waals surface area contributed by atoms with Crippen molar-refractivity contribution in [1.82, 2.24) is 0 Å². The highest BCUT2D eigenvalue weighted by Gasteiger charge is 2.08. The van der Waals surface area contributed by atoms with E-state index in [4.69, 9.17) is 10.8 Å². The molecule has 1 aromatic rings. The zero-order valence-electron chi connectivity index (χ0n) is 11.3. The van der Waals surface area contributed by atoms with Crippen molar-refractivity contribution < 1.29 is 14.7 Å². The van der Waals surface area contributed by atoms with Gasteiger partial charge in [0.1, 0.15) is 0 Å². The number of anilines is 1. The van der Waals surface area contributed by atoms with Crippen LogP contribution in [0.25, 0.3) is 0 Å². The van der Waals surface area contributed by atoms with Crippen LogP contribution in [0.2, 0.25) is 0 Å². The molecular weight excluding hydrogens is 244 g/mol. The molecule has 19 heavy (non-hydrogen) atoms. The lowest BCUT2D eigenvalue weighted by Crippen LogP contribution is -2.17. The topological polar surface area (TPSA) is 92.4 Å². The second-order valence-electron chi connectivity index (χ2n) is 4.75. The van der Waals surface area contributed by atoms with E-state index in [0.717, 1.165) is 18.4 Å². The van der Waals surface area contributed by atoms with Crippen molar-refractivity contribution in [1.29, 1.82) is 0 Å². The van der Waals surface area contributed by atoms with Crippen LogP contribution in [0.5, 0.6) is 0 Å². The third-order valence-corrected chi connectivity index (χ3v) is 2.81. The molecule has 0 bridgehead atoms. The van der Waals surface area contributed by atoms with Crippen molar-refractivity contribution in [2.75, 3.05) is 5.32 Å². The highest BCUT2D eigenvalue weighted by atomic mass is 16.4. The van der Waals surface area contributed by atoms with Crippen molar-refractivity contribution in [2.24, 2.45) is 5.73 Å². The maximum absolute atomic E-state index is 11.7. The fraction of sp³-hybridized carbons (Fsp3) is 0.429. The van der Waals surface area contributed by atoms with E-state index in [-0.39, 0.29) is 17.5 Å². The Hall–Kier alpha value is -1.88. The average Bonchev–Trinajstić information content (AvgIpc) is 2.31. The monoisotopic (exact) mass is 264 g/mol. The summed E-state index contributed by atoms with van der Waals surface area (Å²) in [4.78, 5) is 22.5. The molecule has 0 aliphatic rings. The van der Waals surface area contributed by atoms with Crippen molar-refractivity contribution in [3.63, 3.8) is 0 Å². The van der Waals surface area contributed by atoms with E-state index >= 15 is 0 Å². The Labute approximate surface area is 112 Å². The lowest BCUT2D eigenvalue weighted by Gasteiger charge is -2.09. The van der Waals surface area contributed by atoms with Crippen LogP contribution in [-0.2, 0) is 4.79 Å². The Kier molecular flexibility index (Phi) is 5.51. The predicted octanol–water partition coefficient (Wildman–Crippen LogP) is 2.15. The molecule has 1 aromatic carbocycles. The second kappa shape index (κ2) is 6.89. The van der Waals surface area contributed by atoms with E-state index in [0.29, 0.717) is 12.1 Å². The van der Waals surface area contributed by atoms with Gasteiger partial charge in [-0.25, -0.2) is 4.79 Å².